The second-order valence-electron chi connectivity index (χ2n) is 9.62. The van der Waals surface area contributed by atoms with E-state index in [1.807, 2.05) is 27.7 Å². The second kappa shape index (κ2) is 17.0. The van der Waals surface area contributed by atoms with Crippen molar-refractivity contribution in [3.05, 3.63) is 33.1 Å². The lowest BCUT2D eigenvalue weighted by molar-refractivity contribution is -0.320. The first kappa shape index (κ1) is 35.0. The molecule has 41 heavy (non-hydrogen) atoms. The van der Waals surface area contributed by atoms with Gasteiger partial charge in [0.15, 0.2) is 6.23 Å². The van der Waals surface area contributed by atoms with Gasteiger partial charge in [-0.25, -0.2) is 9.46 Å². The predicted molar refractivity (Wildman–Crippen MR) is 146 cm³/mol. The lowest BCUT2D eigenvalue weighted by Gasteiger charge is -2.37. The number of hydrogen-bond acceptors (Lipinski definition) is 13. The molecule has 1 N–H and O–H groups in total. The molecule has 1 saturated heterocycles. The molecule has 1 aromatic heterocycles. The van der Waals surface area contributed by atoms with E-state index in [9.17, 15) is 19.2 Å². The molecule has 5 atom stereocenters. The fourth-order valence-electron chi connectivity index (χ4n) is 4.13. The normalized spacial score (nSPS) is 21.7. The molecule has 1 aliphatic rings. The van der Waals surface area contributed by atoms with Gasteiger partial charge in [-0.2, -0.15) is 0 Å². The Labute approximate surface area is 240 Å². The average molecular weight is 608 g/mol. The van der Waals surface area contributed by atoms with Crippen LogP contribution in [0.25, 0.3) is 0 Å². The molecule has 3 unspecified atom stereocenters. The van der Waals surface area contributed by atoms with E-state index in [0.29, 0.717) is 0 Å². The topological polar surface area (TPSA) is 166 Å². The molecule has 1 fully saturated rings. The van der Waals surface area contributed by atoms with E-state index in [4.69, 9.17) is 37.5 Å². The van der Waals surface area contributed by atoms with Gasteiger partial charge in [-0.15, -0.1) is 0 Å². The van der Waals surface area contributed by atoms with Crippen LogP contribution in [-0.4, -0.2) is 96.6 Å². The Balaban J connectivity index is 2.40. The molecule has 0 bridgehead atoms. The summed E-state index contributed by atoms with van der Waals surface area (Å²) < 4.78 is 49.0. The van der Waals surface area contributed by atoms with Crippen molar-refractivity contribution in [3.8, 4) is 0 Å². The third-order valence-electron chi connectivity index (χ3n) is 5.72. The van der Waals surface area contributed by atoms with E-state index in [0.717, 1.165) is 0 Å². The van der Waals surface area contributed by atoms with Crippen LogP contribution in [0, 0.1) is 0 Å². The van der Waals surface area contributed by atoms with Gasteiger partial charge in [0.1, 0.15) is 25.4 Å². The van der Waals surface area contributed by atoms with E-state index in [2.05, 4.69) is 9.65 Å². The molecule has 1 aliphatic heterocycles. The van der Waals surface area contributed by atoms with Crippen molar-refractivity contribution < 1.29 is 47.1 Å². The average Bonchev–Trinajstić information content (AvgIpc) is 3.17. The zero-order valence-electron chi connectivity index (χ0n) is 24.8. The molecule has 2 heterocycles. The van der Waals surface area contributed by atoms with Crippen LogP contribution in [0.4, 0.5) is 0 Å². The fourth-order valence-corrected chi connectivity index (χ4v) is 5.77. The van der Waals surface area contributed by atoms with Crippen LogP contribution in [0.5, 0.6) is 0 Å². The van der Waals surface area contributed by atoms with Crippen LogP contribution in [0.2, 0.25) is 0 Å². The van der Waals surface area contributed by atoms with Gasteiger partial charge >= 0.3 is 17.6 Å². The van der Waals surface area contributed by atoms with Crippen LogP contribution in [0.15, 0.2) is 21.9 Å². The molecule has 0 aliphatic carbocycles. The minimum Gasteiger partial charge on any atom is -0.463 e. The summed E-state index contributed by atoms with van der Waals surface area (Å²) in [4.78, 5) is 49.0. The molecule has 15 nitrogen and oxygen atoms in total. The number of ether oxygens (including phenoxy) is 6. The first-order chi connectivity index (χ1) is 19.3. The number of carbonyl (C=O) groups excluding carboxylic acids is 2. The van der Waals surface area contributed by atoms with Crippen LogP contribution in [0.1, 0.15) is 54.7 Å². The molecule has 0 radical (unpaired) electrons. The molecule has 0 amide bonds. The zero-order chi connectivity index (χ0) is 30.7. The number of carbonyl (C=O) groups is 2. The number of rotatable bonds is 17. The summed E-state index contributed by atoms with van der Waals surface area (Å²) in [6.45, 7) is 10.7. The van der Waals surface area contributed by atoms with Gasteiger partial charge in [0.25, 0.3) is 20.6 Å². The summed E-state index contributed by atoms with van der Waals surface area (Å²) in [6, 6.07) is 1.35. The van der Waals surface area contributed by atoms with Crippen LogP contribution >= 0.6 is 8.53 Å². The molecule has 1 aromatic rings. The Morgan fingerprint density at radius 2 is 1.56 bits per heavy atom. The van der Waals surface area contributed by atoms with Crippen LogP contribution in [-0.2, 0) is 47.1 Å². The van der Waals surface area contributed by atoms with Crippen molar-refractivity contribution in [3.63, 3.8) is 0 Å². The molecule has 234 valence electrons. The van der Waals surface area contributed by atoms with Crippen molar-refractivity contribution in [2.45, 2.75) is 91.6 Å². The largest absolute Gasteiger partial charge is 0.463 e. The maximum absolute atomic E-state index is 12.7. The van der Waals surface area contributed by atoms with E-state index < -0.39 is 62.7 Å². The van der Waals surface area contributed by atoms with Gasteiger partial charge in [0, 0.05) is 45.3 Å². The molecule has 2 rings (SSSR count). The third-order valence-corrected chi connectivity index (χ3v) is 7.75. The molecule has 0 spiro atoms. The molecular formula is C25H42N3O12P. The smallest absolute Gasteiger partial charge is 0.330 e. The van der Waals surface area contributed by atoms with Crippen LogP contribution in [0.3, 0.4) is 0 Å². The molecule has 0 aromatic carbocycles. The number of nitrogens with one attached hydrogen (secondary N) is 1. The van der Waals surface area contributed by atoms with E-state index in [1.165, 1.54) is 30.7 Å². The highest BCUT2D eigenvalue weighted by atomic mass is 31.2. The fraction of sp³-hybridized carbons (Fsp3) is 0.760. The Morgan fingerprint density at radius 3 is 2.02 bits per heavy atom. The van der Waals surface area contributed by atoms with Gasteiger partial charge in [0.2, 0.25) is 0 Å². The number of aromatic nitrogens is 2. The standard InChI is InChI=1S/C25H42N3O12P/c1-15(2)28(16(3)4)41(33-8)40-21-17(5)38-23(27-10-9-20(31)26-24(27)32)22(21)39-25(36-13-11-34-18(6)29)37-14-12-35-19(7)30/h9-10,15-17,21-23,25H,11-14H2,1-8H3,(H,26,31,32)/t17-,21?,22?,23-,41?/m1/s1. The highest BCUT2D eigenvalue weighted by Gasteiger charge is 2.49. The Bertz CT molecular complexity index is 1050. The van der Waals surface area contributed by atoms with Crippen molar-refractivity contribution in [1.29, 1.82) is 0 Å². The second-order valence-corrected chi connectivity index (χ2v) is 11.1. The minimum absolute atomic E-state index is 0.0739. The SMILES string of the molecule is COP(OC1C(OC(OCCOC(C)=O)OCCOC(C)=O)[C@H](n2ccc(=O)[nH]c2=O)O[C@@H]1C)N(C(C)C)C(C)C. The summed E-state index contributed by atoms with van der Waals surface area (Å²) in [5.41, 5.74) is -1.29. The lowest BCUT2D eigenvalue weighted by atomic mass is 10.1. The monoisotopic (exact) mass is 607 g/mol. The quantitative estimate of drug-likeness (QED) is 0.118. The summed E-state index contributed by atoms with van der Waals surface area (Å²) in [7, 11) is -0.0568. The summed E-state index contributed by atoms with van der Waals surface area (Å²) in [5.74, 6) is -0.975. The number of H-pyrrole nitrogens is 1. The van der Waals surface area contributed by atoms with Gasteiger partial charge < -0.3 is 37.5 Å². The highest BCUT2D eigenvalue weighted by molar-refractivity contribution is 7.44. The third kappa shape index (κ3) is 10.8. The van der Waals surface area contributed by atoms with Crippen molar-refractivity contribution in [1.82, 2.24) is 14.2 Å². The molecular weight excluding hydrogens is 565 g/mol. The first-order valence-electron chi connectivity index (χ1n) is 13.3. The van der Waals surface area contributed by atoms with Crippen molar-refractivity contribution >= 4 is 20.5 Å². The maximum atomic E-state index is 12.7. The van der Waals surface area contributed by atoms with Gasteiger partial charge in [-0.05, 0) is 34.6 Å². The zero-order valence-corrected chi connectivity index (χ0v) is 25.7. The van der Waals surface area contributed by atoms with Gasteiger partial charge in [0.05, 0.1) is 19.3 Å². The predicted octanol–water partition coefficient (Wildman–Crippen LogP) is 1.66. The molecule has 0 saturated carbocycles. The van der Waals surface area contributed by atoms with Gasteiger partial charge in [-0.1, -0.05) is 0 Å². The lowest BCUT2D eigenvalue weighted by Crippen LogP contribution is -2.44. The molecule has 16 heteroatoms. The Morgan fingerprint density at radius 1 is 1.00 bits per heavy atom. The summed E-state index contributed by atoms with van der Waals surface area (Å²) in [6.07, 6.45) is -2.17. The number of hydrogen-bond donors (Lipinski definition) is 1. The first-order valence-corrected chi connectivity index (χ1v) is 14.4. The number of esters is 2. The minimum atomic E-state index is -1.60. The Kier molecular flexibility index (Phi) is 14.5. The van der Waals surface area contributed by atoms with Crippen molar-refractivity contribution in [2.75, 3.05) is 33.5 Å². The number of aromatic amines is 1. The van der Waals surface area contributed by atoms with E-state index in [-0.39, 0.29) is 38.5 Å². The van der Waals surface area contributed by atoms with E-state index >= 15 is 0 Å². The highest BCUT2D eigenvalue weighted by Crippen LogP contribution is 2.49. The number of nitrogens with zero attached hydrogens (tertiary/aromatic N) is 2. The van der Waals surface area contributed by atoms with Gasteiger partial charge in [-0.3, -0.25) is 23.9 Å². The summed E-state index contributed by atoms with van der Waals surface area (Å²) in [5, 5.41) is 0. The van der Waals surface area contributed by atoms with Crippen molar-refractivity contribution in [2.24, 2.45) is 0 Å². The Hall–Kier alpha value is -2.23. The maximum Gasteiger partial charge on any atom is 0.330 e. The van der Waals surface area contributed by atoms with Crippen LogP contribution < -0.4 is 11.2 Å². The van der Waals surface area contributed by atoms with E-state index in [1.54, 1.807) is 14.0 Å². The summed E-state index contributed by atoms with van der Waals surface area (Å²) >= 11 is 0.